The molecule has 8 heteroatoms. The molecule has 0 aliphatic heterocycles. The second-order valence-electron chi connectivity index (χ2n) is 3.80. The summed E-state index contributed by atoms with van der Waals surface area (Å²) in [6, 6.07) is 0. The molecule has 0 fully saturated rings. The van der Waals surface area contributed by atoms with Crippen LogP contribution in [0.2, 0.25) is 0 Å². The van der Waals surface area contributed by atoms with E-state index in [-0.39, 0.29) is 17.7 Å². The summed E-state index contributed by atoms with van der Waals surface area (Å²) < 4.78 is 3.71. The van der Waals surface area contributed by atoms with Crippen LogP contribution in [-0.4, -0.2) is 45.0 Å². The Morgan fingerprint density at radius 3 is 2.82 bits per heavy atom. The van der Waals surface area contributed by atoms with Crippen molar-refractivity contribution in [2.75, 3.05) is 13.6 Å². The van der Waals surface area contributed by atoms with Crippen LogP contribution in [0.4, 0.5) is 0 Å². The van der Waals surface area contributed by atoms with E-state index in [4.69, 9.17) is 10.9 Å². The van der Waals surface area contributed by atoms with Crippen molar-refractivity contribution >= 4 is 23.3 Å². The molecule has 0 aromatic carbocycles. The number of aryl methyl sites for hydroxylation is 1. The van der Waals surface area contributed by atoms with Gasteiger partial charge in [0.25, 0.3) is 5.91 Å². The van der Waals surface area contributed by atoms with Crippen molar-refractivity contribution in [3.05, 3.63) is 10.6 Å². The molecule has 1 aromatic heterocycles. The Morgan fingerprint density at radius 1 is 1.71 bits per heavy atom. The number of aromatic nitrogens is 2. The van der Waals surface area contributed by atoms with Gasteiger partial charge in [-0.3, -0.25) is 4.79 Å². The molecule has 1 rings (SSSR count). The summed E-state index contributed by atoms with van der Waals surface area (Å²) in [5, 5.41) is 15.2. The van der Waals surface area contributed by atoms with Gasteiger partial charge in [-0.2, -0.15) is 0 Å². The van der Waals surface area contributed by atoms with E-state index in [9.17, 15) is 4.79 Å². The number of amidine groups is 1. The molecule has 1 heterocycles. The maximum atomic E-state index is 12.0. The number of nitrogens with two attached hydrogens (primary N) is 1. The zero-order valence-corrected chi connectivity index (χ0v) is 10.7. The molecule has 7 nitrogen and oxygen atoms in total. The van der Waals surface area contributed by atoms with Crippen LogP contribution in [0.1, 0.15) is 22.3 Å². The molecular weight excluding hydrogens is 242 g/mol. The average molecular weight is 257 g/mol. The van der Waals surface area contributed by atoms with Crippen LogP contribution in [0.25, 0.3) is 0 Å². The lowest BCUT2D eigenvalue weighted by Crippen LogP contribution is -2.36. The van der Waals surface area contributed by atoms with Gasteiger partial charge in [-0.25, -0.2) is 0 Å². The number of hydrogen-bond acceptors (Lipinski definition) is 6. The molecule has 3 N–H and O–H groups in total. The Labute approximate surface area is 103 Å². The van der Waals surface area contributed by atoms with E-state index in [1.54, 1.807) is 20.9 Å². The van der Waals surface area contributed by atoms with Gasteiger partial charge in [0.2, 0.25) is 0 Å². The summed E-state index contributed by atoms with van der Waals surface area (Å²) in [7, 11) is 1.66. The smallest absolute Gasteiger partial charge is 0.267 e. The predicted octanol–water partition coefficient (Wildman–Crippen LogP) is 0.301. The minimum absolute atomic E-state index is 0.101. The molecule has 0 aliphatic rings. The van der Waals surface area contributed by atoms with Gasteiger partial charge < -0.3 is 15.8 Å². The van der Waals surface area contributed by atoms with Crippen LogP contribution in [-0.2, 0) is 0 Å². The fraction of sp³-hybridized carbons (Fsp3) is 0.556. The fourth-order valence-corrected chi connectivity index (χ4v) is 1.94. The minimum atomic E-state index is -0.213. The van der Waals surface area contributed by atoms with Crippen molar-refractivity contribution in [3.8, 4) is 0 Å². The number of carbonyl (C=O) groups excluding carboxylic acids is 1. The third-order valence-corrected chi connectivity index (χ3v) is 3.18. The van der Waals surface area contributed by atoms with Crippen LogP contribution in [0.5, 0.6) is 0 Å². The Morgan fingerprint density at radius 2 is 2.35 bits per heavy atom. The molecule has 0 saturated carbocycles. The minimum Gasteiger partial charge on any atom is -0.409 e. The number of oxime groups is 1. The number of amides is 1. The van der Waals surface area contributed by atoms with Gasteiger partial charge in [-0.05, 0) is 18.5 Å². The van der Waals surface area contributed by atoms with Gasteiger partial charge in [-0.1, -0.05) is 16.6 Å². The summed E-state index contributed by atoms with van der Waals surface area (Å²) >= 11 is 1.06. The highest BCUT2D eigenvalue weighted by Gasteiger charge is 2.20. The molecule has 1 amide bonds. The van der Waals surface area contributed by atoms with E-state index in [1.807, 2.05) is 0 Å². The summed E-state index contributed by atoms with van der Waals surface area (Å²) in [5.74, 6) is -0.269. The molecule has 0 saturated heterocycles. The quantitative estimate of drug-likeness (QED) is 0.349. The molecule has 0 aliphatic carbocycles. The maximum absolute atomic E-state index is 12.0. The van der Waals surface area contributed by atoms with Crippen LogP contribution < -0.4 is 5.73 Å². The van der Waals surface area contributed by atoms with E-state index < -0.39 is 0 Å². The molecule has 17 heavy (non-hydrogen) atoms. The summed E-state index contributed by atoms with van der Waals surface area (Å²) in [6.45, 7) is 3.88. The number of rotatable bonds is 4. The van der Waals surface area contributed by atoms with Crippen LogP contribution in [0.3, 0.4) is 0 Å². The Balaban J connectivity index is 2.69. The Hall–Kier alpha value is -1.70. The largest absolute Gasteiger partial charge is 0.409 e. The molecule has 0 bridgehead atoms. The zero-order valence-electron chi connectivity index (χ0n) is 9.91. The van der Waals surface area contributed by atoms with Crippen molar-refractivity contribution in [1.82, 2.24) is 14.5 Å². The highest BCUT2D eigenvalue weighted by atomic mass is 32.1. The first-order valence-electron chi connectivity index (χ1n) is 4.99. The van der Waals surface area contributed by atoms with Crippen molar-refractivity contribution in [2.24, 2.45) is 16.8 Å². The lowest BCUT2D eigenvalue weighted by Gasteiger charge is -2.20. The molecule has 0 spiro atoms. The molecule has 94 valence electrons. The van der Waals surface area contributed by atoms with Gasteiger partial charge in [0.1, 0.15) is 10.7 Å². The normalized spacial score (nSPS) is 13.5. The first-order valence-corrected chi connectivity index (χ1v) is 5.76. The van der Waals surface area contributed by atoms with Gasteiger partial charge in [0, 0.05) is 19.5 Å². The zero-order chi connectivity index (χ0) is 13.0. The van der Waals surface area contributed by atoms with E-state index in [0.29, 0.717) is 17.1 Å². The van der Waals surface area contributed by atoms with Crippen LogP contribution in [0, 0.1) is 12.8 Å². The molecule has 0 radical (unpaired) electrons. The lowest BCUT2D eigenvalue weighted by molar-refractivity contribution is 0.0790. The first-order chi connectivity index (χ1) is 7.97. The van der Waals surface area contributed by atoms with Gasteiger partial charge in [-0.15, -0.1) is 5.10 Å². The Bertz CT molecular complexity index is 431. The maximum Gasteiger partial charge on any atom is 0.267 e. The first kappa shape index (κ1) is 13.4. The highest BCUT2D eigenvalue weighted by molar-refractivity contribution is 7.07. The highest BCUT2D eigenvalue weighted by Crippen LogP contribution is 2.12. The van der Waals surface area contributed by atoms with E-state index >= 15 is 0 Å². The molecule has 1 atom stereocenters. The summed E-state index contributed by atoms with van der Waals surface area (Å²) in [5.41, 5.74) is 6.07. The average Bonchev–Trinajstić information content (AvgIpc) is 2.73. The Kier molecular flexibility index (Phi) is 4.38. The fourth-order valence-electron chi connectivity index (χ4n) is 1.29. The molecule has 1 aromatic rings. The number of carbonyl (C=O) groups is 1. The predicted molar refractivity (Wildman–Crippen MR) is 64.2 cm³/mol. The van der Waals surface area contributed by atoms with E-state index in [0.717, 1.165) is 11.5 Å². The van der Waals surface area contributed by atoms with Gasteiger partial charge in [0.05, 0.1) is 5.69 Å². The van der Waals surface area contributed by atoms with E-state index in [1.165, 1.54) is 4.90 Å². The van der Waals surface area contributed by atoms with Crippen molar-refractivity contribution in [3.63, 3.8) is 0 Å². The van der Waals surface area contributed by atoms with E-state index in [2.05, 4.69) is 14.7 Å². The third kappa shape index (κ3) is 3.13. The van der Waals surface area contributed by atoms with Gasteiger partial charge >= 0.3 is 0 Å². The monoisotopic (exact) mass is 257 g/mol. The van der Waals surface area contributed by atoms with Crippen molar-refractivity contribution < 1.29 is 10.0 Å². The summed E-state index contributed by atoms with van der Waals surface area (Å²) in [4.78, 5) is 14.0. The topological polar surface area (TPSA) is 105 Å². The van der Waals surface area contributed by atoms with Crippen molar-refractivity contribution in [1.29, 1.82) is 0 Å². The van der Waals surface area contributed by atoms with Crippen molar-refractivity contribution in [2.45, 2.75) is 13.8 Å². The number of hydrogen-bond donors (Lipinski definition) is 2. The lowest BCUT2D eigenvalue weighted by atomic mass is 10.1. The SMILES string of the molecule is Cc1nnsc1C(=O)N(C)CC(C)C(N)=NO. The number of nitrogens with zero attached hydrogens (tertiary/aromatic N) is 4. The molecule has 1 unspecified atom stereocenters. The molecular formula is C9H15N5O2S. The summed E-state index contributed by atoms with van der Waals surface area (Å²) in [6.07, 6.45) is 0. The van der Waals surface area contributed by atoms with Crippen LogP contribution >= 0.6 is 11.5 Å². The van der Waals surface area contributed by atoms with Gasteiger partial charge in [0.15, 0.2) is 0 Å². The van der Waals surface area contributed by atoms with Crippen LogP contribution in [0.15, 0.2) is 5.16 Å². The standard InChI is InChI=1S/C9H15N5O2S/c1-5(8(10)12-16)4-14(3)9(15)7-6(2)11-13-17-7/h5,16H,4H2,1-3H3,(H2,10,12). The third-order valence-electron chi connectivity index (χ3n) is 2.36. The second-order valence-corrected chi connectivity index (χ2v) is 4.55. The second kappa shape index (κ2) is 5.58.